The van der Waals surface area contributed by atoms with Crippen molar-refractivity contribution in [3.05, 3.63) is 0 Å². The van der Waals surface area contributed by atoms with Gasteiger partial charge in [0.05, 0.1) is 12.6 Å². The summed E-state index contributed by atoms with van der Waals surface area (Å²) >= 11 is 0. The van der Waals surface area contributed by atoms with Gasteiger partial charge in [0.25, 0.3) is 0 Å². The van der Waals surface area contributed by atoms with Gasteiger partial charge in [-0.1, -0.05) is 33.6 Å². The molecule has 2 unspecified atom stereocenters. The van der Waals surface area contributed by atoms with Crippen LogP contribution in [0.5, 0.6) is 0 Å². The van der Waals surface area contributed by atoms with E-state index < -0.39 is 0 Å². The smallest absolute Gasteiger partial charge is 0.0723 e. The number of unbranched alkanes of at least 4 members (excludes halogenated alkanes) is 1. The third-order valence-electron chi connectivity index (χ3n) is 2.64. The van der Waals surface area contributed by atoms with Gasteiger partial charge in [0.2, 0.25) is 0 Å². The van der Waals surface area contributed by atoms with E-state index in [2.05, 4.69) is 32.0 Å². The Hall–Kier alpha value is -0.370. The Morgan fingerprint density at radius 1 is 1.21 bits per heavy atom. The molecule has 2 nitrogen and oxygen atoms in total. The minimum atomic E-state index is 0.116. The van der Waals surface area contributed by atoms with Crippen LogP contribution in [0.25, 0.3) is 0 Å². The molecule has 0 aliphatic carbocycles. The van der Waals surface area contributed by atoms with Crippen molar-refractivity contribution in [3.63, 3.8) is 0 Å². The molecule has 84 valence electrons. The first-order valence-corrected chi connectivity index (χ1v) is 5.92. The SMILES string of the molecule is CCCCC(C=NC(CC)CO)CC. The molecule has 0 fully saturated rings. The highest BCUT2D eigenvalue weighted by Gasteiger charge is 2.04. The summed E-state index contributed by atoms with van der Waals surface area (Å²) in [4.78, 5) is 4.41. The Labute approximate surface area is 88.4 Å². The molecule has 2 atom stereocenters. The number of aliphatic hydroxyl groups excluding tert-OH is 1. The summed E-state index contributed by atoms with van der Waals surface area (Å²) in [6.07, 6.45) is 7.91. The second kappa shape index (κ2) is 9.20. The first-order chi connectivity index (χ1) is 6.78. The molecule has 0 aliphatic rings. The quantitative estimate of drug-likeness (QED) is 0.599. The van der Waals surface area contributed by atoms with E-state index in [0.717, 1.165) is 12.8 Å². The zero-order valence-electron chi connectivity index (χ0n) is 9.87. The largest absolute Gasteiger partial charge is 0.394 e. The number of aliphatic hydroxyl groups is 1. The predicted octanol–water partition coefficient (Wildman–Crippen LogP) is 3.04. The van der Waals surface area contributed by atoms with Gasteiger partial charge in [-0.15, -0.1) is 0 Å². The molecule has 0 bridgehead atoms. The molecule has 0 aromatic carbocycles. The van der Waals surface area contributed by atoms with Crippen LogP contribution in [0, 0.1) is 5.92 Å². The normalized spacial score (nSPS) is 16.0. The average Bonchev–Trinajstić information content (AvgIpc) is 2.23. The molecule has 2 heteroatoms. The first-order valence-electron chi connectivity index (χ1n) is 5.92. The van der Waals surface area contributed by atoms with Crippen LogP contribution in [0.1, 0.15) is 52.9 Å². The Morgan fingerprint density at radius 2 is 1.93 bits per heavy atom. The van der Waals surface area contributed by atoms with Crippen LogP contribution in [0.4, 0.5) is 0 Å². The Morgan fingerprint density at radius 3 is 2.36 bits per heavy atom. The van der Waals surface area contributed by atoms with E-state index in [4.69, 9.17) is 5.11 Å². The molecule has 0 spiro atoms. The van der Waals surface area contributed by atoms with Crippen LogP contribution in [0.3, 0.4) is 0 Å². The summed E-state index contributed by atoms with van der Waals surface area (Å²) in [5.41, 5.74) is 0. The van der Waals surface area contributed by atoms with Crippen LogP contribution >= 0.6 is 0 Å². The van der Waals surface area contributed by atoms with Crippen molar-refractivity contribution < 1.29 is 5.11 Å². The van der Waals surface area contributed by atoms with Gasteiger partial charge in [-0.05, 0) is 25.2 Å². The van der Waals surface area contributed by atoms with Gasteiger partial charge in [-0.2, -0.15) is 0 Å². The lowest BCUT2D eigenvalue weighted by Gasteiger charge is -2.10. The van der Waals surface area contributed by atoms with E-state index in [1.807, 2.05) is 0 Å². The second-order valence-electron chi connectivity index (χ2n) is 3.85. The van der Waals surface area contributed by atoms with E-state index >= 15 is 0 Å². The lowest BCUT2D eigenvalue weighted by atomic mass is 10.0. The van der Waals surface area contributed by atoms with Crippen LogP contribution in [-0.2, 0) is 0 Å². The van der Waals surface area contributed by atoms with E-state index in [0.29, 0.717) is 5.92 Å². The maximum Gasteiger partial charge on any atom is 0.0723 e. The summed E-state index contributed by atoms with van der Waals surface area (Å²) in [6, 6.07) is 0.116. The van der Waals surface area contributed by atoms with Crippen molar-refractivity contribution >= 4 is 6.21 Å². The molecule has 0 radical (unpaired) electrons. The summed E-state index contributed by atoms with van der Waals surface area (Å²) in [5, 5.41) is 8.97. The highest BCUT2D eigenvalue weighted by molar-refractivity contribution is 5.60. The maximum atomic E-state index is 8.97. The molecule has 0 heterocycles. The van der Waals surface area contributed by atoms with Gasteiger partial charge in [-0.25, -0.2) is 0 Å². The maximum absolute atomic E-state index is 8.97. The van der Waals surface area contributed by atoms with Gasteiger partial charge >= 0.3 is 0 Å². The molecule has 0 aromatic rings. The second-order valence-corrected chi connectivity index (χ2v) is 3.85. The number of nitrogens with zero attached hydrogens (tertiary/aromatic N) is 1. The molecular formula is C12H25NO. The summed E-state index contributed by atoms with van der Waals surface area (Å²) in [7, 11) is 0. The standard InChI is InChI=1S/C12H25NO/c1-4-7-8-11(5-2)9-13-12(6-3)10-14/h9,11-12,14H,4-8,10H2,1-3H3. The van der Waals surface area contributed by atoms with Crippen molar-refractivity contribution in [2.24, 2.45) is 10.9 Å². The van der Waals surface area contributed by atoms with Crippen LogP contribution in [-0.4, -0.2) is 24.0 Å². The van der Waals surface area contributed by atoms with Crippen LogP contribution in [0.2, 0.25) is 0 Å². The molecule has 1 N–H and O–H groups in total. The summed E-state index contributed by atoms with van der Waals surface area (Å²) in [6.45, 7) is 6.65. The molecule has 14 heavy (non-hydrogen) atoms. The molecular weight excluding hydrogens is 174 g/mol. The van der Waals surface area contributed by atoms with Gasteiger partial charge in [0, 0.05) is 6.21 Å². The lowest BCUT2D eigenvalue weighted by Crippen LogP contribution is -2.11. The zero-order valence-corrected chi connectivity index (χ0v) is 9.87. The van der Waals surface area contributed by atoms with Gasteiger partial charge < -0.3 is 5.11 Å². The van der Waals surface area contributed by atoms with Crippen molar-refractivity contribution in [2.75, 3.05) is 6.61 Å². The third-order valence-corrected chi connectivity index (χ3v) is 2.64. The van der Waals surface area contributed by atoms with E-state index in [1.165, 1.54) is 19.3 Å². The van der Waals surface area contributed by atoms with Gasteiger partial charge in [0.15, 0.2) is 0 Å². The average molecular weight is 199 g/mol. The molecule has 0 aromatic heterocycles. The zero-order chi connectivity index (χ0) is 10.8. The minimum absolute atomic E-state index is 0.116. The number of hydrogen-bond donors (Lipinski definition) is 1. The van der Waals surface area contributed by atoms with Crippen molar-refractivity contribution in [3.8, 4) is 0 Å². The van der Waals surface area contributed by atoms with Gasteiger partial charge in [0.1, 0.15) is 0 Å². The van der Waals surface area contributed by atoms with Crippen LogP contribution < -0.4 is 0 Å². The van der Waals surface area contributed by atoms with Crippen molar-refractivity contribution in [1.29, 1.82) is 0 Å². The number of hydrogen-bond acceptors (Lipinski definition) is 2. The summed E-state index contributed by atoms with van der Waals surface area (Å²) < 4.78 is 0. The minimum Gasteiger partial charge on any atom is -0.394 e. The third kappa shape index (κ3) is 6.14. The highest BCUT2D eigenvalue weighted by Crippen LogP contribution is 2.10. The van der Waals surface area contributed by atoms with Crippen molar-refractivity contribution in [2.45, 2.75) is 58.9 Å². The molecule has 0 saturated carbocycles. The van der Waals surface area contributed by atoms with Gasteiger partial charge in [-0.3, -0.25) is 4.99 Å². The molecule has 0 rings (SSSR count). The number of aliphatic imine (C=N–C) groups is 1. The van der Waals surface area contributed by atoms with E-state index in [1.54, 1.807) is 0 Å². The Bertz CT molecular complexity index is 141. The fourth-order valence-corrected chi connectivity index (χ4v) is 1.38. The highest BCUT2D eigenvalue weighted by atomic mass is 16.3. The predicted molar refractivity (Wildman–Crippen MR) is 63.0 cm³/mol. The van der Waals surface area contributed by atoms with E-state index in [-0.39, 0.29) is 12.6 Å². The fourth-order valence-electron chi connectivity index (χ4n) is 1.38. The number of rotatable bonds is 8. The molecule has 0 aliphatic heterocycles. The first kappa shape index (κ1) is 13.6. The lowest BCUT2D eigenvalue weighted by molar-refractivity contribution is 0.264. The Balaban J connectivity index is 3.88. The molecule has 0 saturated heterocycles. The molecule has 0 amide bonds. The monoisotopic (exact) mass is 199 g/mol. The van der Waals surface area contributed by atoms with E-state index in [9.17, 15) is 0 Å². The van der Waals surface area contributed by atoms with Crippen LogP contribution in [0.15, 0.2) is 4.99 Å². The summed E-state index contributed by atoms with van der Waals surface area (Å²) in [5.74, 6) is 0.607. The topological polar surface area (TPSA) is 32.6 Å². The fraction of sp³-hybridized carbons (Fsp3) is 0.917. The van der Waals surface area contributed by atoms with Crippen molar-refractivity contribution in [1.82, 2.24) is 0 Å². The Kier molecular flexibility index (Phi) is 8.95.